The minimum absolute atomic E-state index is 0.0479. The fourth-order valence-corrected chi connectivity index (χ4v) is 3.06. The lowest BCUT2D eigenvalue weighted by atomic mass is 10.1. The topological polar surface area (TPSA) is 153 Å². The van der Waals surface area contributed by atoms with Crippen LogP contribution in [0.1, 0.15) is 24.3 Å². The van der Waals surface area contributed by atoms with Crippen LogP contribution in [-0.2, 0) is 4.74 Å². The highest BCUT2D eigenvalue weighted by Crippen LogP contribution is 2.31. The highest BCUT2D eigenvalue weighted by atomic mass is 79.9. The summed E-state index contributed by atoms with van der Waals surface area (Å²) < 4.78 is 5.96. The Kier molecular flexibility index (Phi) is 6.00. The van der Waals surface area contributed by atoms with Crippen LogP contribution < -0.4 is 11.2 Å². The molecule has 3 N–H and O–H groups in total. The summed E-state index contributed by atoms with van der Waals surface area (Å²) in [6.45, 7) is -0.394. The zero-order chi connectivity index (χ0) is 17.1. The smallest absolute Gasteiger partial charge is 0.330 e. The molecule has 2 rings (SSSR count). The van der Waals surface area contributed by atoms with Gasteiger partial charge in [0, 0.05) is 23.1 Å². The van der Waals surface area contributed by atoms with Crippen molar-refractivity contribution in [1.29, 1.82) is 0 Å². The lowest BCUT2D eigenvalue weighted by Crippen LogP contribution is -2.35. The molecule has 0 bridgehead atoms. The molecule has 0 spiro atoms. The Hall–Kier alpha value is -1.17. The molecule has 126 valence electrons. The van der Waals surface area contributed by atoms with Gasteiger partial charge in [0.05, 0.1) is 22.5 Å². The summed E-state index contributed by atoms with van der Waals surface area (Å²) >= 11 is 6.35. The van der Waals surface area contributed by atoms with Gasteiger partial charge in [-0.25, -0.2) is 4.79 Å². The first kappa shape index (κ1) is 18.2. The van der Waals surface area contributed by atoms with Crippen LogP contribution in [0.4, 0.5) is 0 Å². The highest BCUT2D eigenvalue weighted by Gasteiger charge is 2.35. The van der Waals surface area contributed by atoms with Gasteiger partial charge in [0.2, 0.25) is 0 Å². The van der Waals surface area contributed by atoms with Crippen molar-refractivity contribution < 1.29 is 14.9 Å². The summed E-state index contributed by atoms with van der Waals surface area (Å²) in [5.41, 5.74) is 7.26. The number of azide groups is 1. The molecule has 1 aromatic heterocycles. The number of halogens is 2. The molecule has 4 atom stereocenters. The fraction of sp³-hybridized carbons (Fsp3) is 0.636. The third-order valence-electron chi connectivity index (χ3n) is 3.42. The van der Waals surface area contributed by atoms with Crippen molar-refractivity contribution in [3.63, 3.8) is 0 Å². The van der Waals surface area contributed by atoms with Crippen LogP contribution >= 0.6 is 31.9 Å². The summed E-state index contributed by atoms with van der Waals surface area (Å²) in [7, 11) is 0. The van der Waals surface area contributed by atoms with Gasteiger partial charge in [0.25, 0.3) is 5.56 Å². The molecule has 0 aliphatic carbocycles. The van der Waals surface area contributed by atoms with Gasteiger partial charge in [-0.1, -0.05) is 37.0 Å². The van der Waals surface area contributed by atoms with Crippen molar-refractivity contribution in [3.8, 4) is 0 Å². The molecule has 0 radical (unpaired) electrons. The molecule has 0 saturated carbocycles. The Morgan fingerprint density at radius 2 is 2.26 bits per heavy atom. The number of nitrogens with zero attached hydrogens (tertiary/aromatic N) is 4. The number of rotatable bonds is 5. The maximum Gasteiger partial charge on any atom is 0.330 e. The molecule has 0 amide bonds. The lowest BCUT2D eigenvalue weighted by molar-refractivity contribution is -0.0460. The molecule has 1 saturated heterocycles. The van der Waals surface area contributed by atoms with Crippen LogP contribution in [0.25, 0.3) is 10.4 Å². The van der Waals surface area contributed by atoms with Crippen molar-refractivity contribution in [3.05, 3.63) is 43.0 Å². The lowest BCUT2D eigenvalue weighted by Gasteiger charge is -2.17. The van der Waals surface area contributed by atoms with Crippen LogP contribution in [0, 0.1) is 0 Å². The molecule has 0 unspecified atom stereocenters. The number of H-pyrrole nitrogens is 1. The number of ether oxygens (including phenoxy) is 1. The van der Waals surface area contributed by atoms with Gasteiger partial charge < -0.3 is 14.9 Å². The van der Waals surface area contributed by atoms with Crippen molar-refractivity contribution in [1.82, 2.24) is 9.55 Å². The number of nitrogens with one attached hydrogen (secondary N) is 1. The summed E-state index contributed by atoms with van der Waals surface area (Å²) in [5, 5.41) is 22.4. The second-order valence-corrected chi connectivity index (χ2v) is 8.05. The number of aromatic amines is 1. The molecule has 1 aliphatic rings. The minimum atomic E-state index is -0.930. The van der Waals surface area contributed by atoms with Crippen LogP contribution in [0.2, 0.25) is 0 Å². The van der Waals surface area contributed by atoms with Crippen LogP contribution in [-0.4, -0.2) is 42.3 Å². The number of aliphatic hydroxyl groups excluding tert-OH is 2. The van der Waals surface area contributed by atoms with E-state index in [2.05, 4.69) is 46.9 Å². The molecule has 1 fully saturated rings. The summed E-state index contributed by atoms with van der Waals surface area (Å²) in [6.07, 6.45) is -1.28. The minimum Gasteiger partial charge on any atom is -0.394 e. The third-order valence-corrected chi connectivity index (χ3v) is 4.42. The van der Waals surface area contributed by atoms with Crippen LogP contribution in [0.3, 0.4) is 0 Å². The van der Waals surface area contributed by atoms with E-state index in [9.17, 15) is 14.7 Å². The van der Waals surface area contributed by atoms with Crippen LogP contribution in [0.5, 0.6) is 0 Å². The Labute approximate surface area is 146 Å². The highest BCUT2D eigenvalue weighted by molar-refractivity contribution is 9.24. The number of hydrogen-bond donors (Lipinski definition) is 3. The van der Waals surface area contributed by atoms with E-state index in [0.717, 1.165) is 4.57 Å². The number of hydrogen-bond acceptors (Lipinski definition) is 6. The van der Waals surface area contributed by atoms with Crippen molar-refractivity contribution >= 4 is 31.9 Å². The van der Waals surface area contributed by atoms with Crippen molar-refractivity contribution in [2.24, 2.45) is 5.11 Å². The normalized spacial score (nSPS) is 25.3. The molecule has 2 heterocycles. The Balaban J connectivity index is 2.47. The molecule has 23 heavy (non-hydrogen) atoms. The second-order valence-electron chi connectivity index (χ2n) is 4.85. The Morgan fingerprint density at radius 1 is 1.57 bits per heavy atom. The van der Waals surface area contributed by atoms with E-state index in [0.29, 0.717) is 0 Å². The maximum atomic E-state index is 12.0. The average Bonchev–Trinajstić information content (AvgIpc) is 2.86. The zero-order valence-electron chi connectivity index (χ0n) is 11.5. The quantitative estimate of drug-likeness (QED) is 0.258. The molecule has 0 aromatic carbocycles. The van der Waals surface area contributed by atoms with Gasteiger partial charge in [0.1, 0.15) is 12.3 Å². The standard InChI is InChI=1S/C11H13Br2N5O5/c12-9(13)8(16-17-14)4-2-18(11(22)15-10(4)21)7-1-5(20)6(3-19)23-7/h2,5-9,19-20H,1,3H2,(H,15,21,22)/t5-,6+,7+,8+/m0/s1. The van der Waals surface area contributed by atoms with Crippen molar-refractivity contribution in [2.45, 2.75) is 34.6 Å². The predicted octanol–water partition coefficient (Wildman–Crippen LogP) is 0.645. The monoisotopic (exact) mass is 453 g/mol. The first-order valence-corrected chi connectivity index (χ1v) is 8.34. The van der Waals surface area contributed by atoms with Crippen molar-refractivity contribution in [2.75, 3.05) is 6.61 Å². The summed E-state index contributed by atoms with van der Waals surface area (Å²) in [4.78, 5) is 28.8. The van der Waals surface area contributed by atoms with Gasteiger partial charge in [-0.2, -0.15) is 0 Å². The Morgan fingerprint density at radius 3 is 2.78 bits per heavy atom. The van der Waals surface area contributed by atoms with Gasteiger partial charge in [-0.05, 0) is 5.53 Å². The van der Waals surface area contributed by atoms with Gasteiger partial charge in [0.15, 0.2) is 0 Å². The number of aliphatic hydroxyl groups is 2. The molecule has 10 nitrogen and oxygen atoms in total. The first-order chi connectivity index (χ1) is 10.9. The fourth-order valence-electron chi connectivity index (χ4n) is 2.28. The second kappa shape index (κ2) is 7.60. The first-order valence-electron chi connectivity index (χ1n) is 6.51. The molecular formula is C11H13Br2N5O5. The van der Waals surface area contributed by atoms with E-state index in [4.69, 9.17) is 15.4 Å². The largest absolute Gasteiger partial charge is 0.394 e. The number of aromatic nitrogens is 2. The van der Waals surface area contributed by atoms with E-state index < -0.39 is 46.1 Å². The molecular weight excluding hydrogens is 442 g/mol. The predicted molar refractivity (Wildman–Crippen MR) is 86.5 cm³/mol. The maximum absolute atomic E-state index is 12.0. The van der Waals surface area contributed by atoms with E-state index in [1.807, 2.05) is 0 Å². The van der Waals surface area contributed by atoms with E-state index >= 15 is 0 Å². The zero-order valence-corrected chi connectivity index (χ0v) is 14.7. The number of alkyl halides is 2. The summed E-state index contributed by atoms with van der Waals surface area (Å²) in [6, 6.07) is -0.907. The third kappa shape index (κ3) is 3.84. The SMILES string of the molecule is [N-]=[N+]=N[C@H](c1cn([C@H]2C[C@H](O)[C@@H](CO)O2)c(=O)[nH]c1=O)C(Br)Br. The molecule has 12 heteroatoms. The van der Waals surface area contributed by atoms with Gasteiger partial charge in [-0.15, -0.1) is 0 Å². The summed E-state index contributed by atoms with van der Waals surface area (Å²) in [5.74, 6) is 0. The Bertz CT molecular complexity index is 728. The average molecular weight is 455 g/mol. The van der Waals surface area contributed by atoms with Gasteiger partial charge >= 0.3 is 5.69 Å². The molecule has 1 aromatic rings. The molecule has 1 aliphatic heterocycles. The van der Waals surface area contributed by atoms with Gasteiger partial charge in [-0.3, -0.25) is 14.3 Å². The van der Waals surface area contributed by atoms with E-state index in [-0.39, 0.29) is 12.0 Å². The van der Waals surface area contributed by atoms with E-state index in [1.54, 1.807) is 0 Å². The van der Waals surface area contributed by atoms with E-state index in [1.165, 1.54) is 6.20 Å². The van der Waals surface area contributed by atoms with Crippen LogP contribution in [0.15, 0.2) is 20.9 Å².